The molecular formula is C13H12N2O4. The van der Waals surface area contributed by atoms with Crippen molar-refractivity contribution in [2.24, 2.45) is 10.9 Å². The molecule has 2 aliphatic rings. The highest BCUT2D eigenvalue weighted by molar-refractivity contribution is 6.10. The number of amides is 2. The van der Waals surface area contributed by atoms with Gasteiger partial charge in [0.05, 0.1) is 12.6 Å². The quantitative estimate of drug-likeness (QED) is 0.742. The number of fused-ring (bicyclic) bond motifs is 1. The van der Waals surface area contributed by atoms with Gasteiger partial charge in [-0.05, 0) is 17.7 Å². The number of aliphatic imine (C=N–C) groups is 1. The number of urea groups is 1. The first-order valence-corrected chi connectivity index (χ1v) is 5.98. The van der Waals surface area contributed by atoms with Crippen LogP contribution in [-0.4, -0.2) is 29.4 Å². The maximum absolute atomic E-state index is 11.9. The lowest BCUT2D eigenvalue weighted by Gasteiger charge is -2.33. The number of ether oxygens (including phenoxy) is 1. The van der Waals surface area contributed by atoms with Gasteiger partial charge >= 0.3 is 12.0 Å². The average molecular weight is 260 g/mol. The number of hydrogen-bond acceptors (Lipinski definition) is 4. The van der Waals surface area contributed by atoms with Gasteiger partial charge in [-0.25, -0.2) is 9.79 Å². The van der Waals surface area contributed by atoms with E-state index in [1.807, 2.05) is 0 Å². The van der Waals surface area contributed by atoms with E-state index in [0.29, 0.717) is 17.7 Å². The molecule has 0 aromatic heterocycles. The van der Waals surface area contributed by atoms with Crippen LogP contribution in [0.25, 0.3) is 0 Å². The van der Waals surface area contributed by atoms with Crippen LogP contribution in [0, 0.1) is 5.92 Å². The molecule has 1 aromatic carbocycles. The van der Waals surface area contributed by atoms with Gasteiger partial charge in [-0.3, -0.25) is 4.79 Å². The maximum Gasteiger partial charge on any atom is 0.341 e. The van der Waals surface area contributed by atoms with Crippen molar-refractivity contribution >= 4 is 17.7 Å². The second kappa shape index (κ2) is 4.38. The fourth-order valence-corrected chi connectivity index (χ4v) is 2.46. The van der Waals surface area contributed by atoms with Crippen LogP contribution in [0.15, 0.2) is 29.3 Å². The monoisotopic (exact) mass is 260 g/mol. The Labute approximate surface area is 109 Å². The van der Waals surface area contributed by atoms with Crippen LogP contribution in [0.1, 0.15) is 18.0 Å². The van der Waals surface area contributed by atoms with Gasteiger partial charge in [0.2, 0.25) is 0 Å². The van der Waals surface area contributed by atoms with E-state index in [9.17, 15) is 14.7 Å². The summed E-state index contributed by atoms with van der Waals surface area (Å²) in [4.78, 5) is 27.3. The molecule has 0 aliphatic carbocycles. The molecular weight excluding hydrogens is 248 g/mol. The molecule has 0 bridgehead atoms. The zero-order valence-corrected chi connectivity index (χ0v) is 10.00. The van der Waals surface area contributed by atoms with Crippen molar-refractivity contribution in [3.63, 3.8) is 0 Å². The summed E-state index contributed by atoms with van der Waals surface area (Å²) in [6.07, 6.45) is 0.471. The van der Waals surface area contributed by atoms with Crippen LogP contribution < -0.4 is 5.32 Å². The molecule has 2 unspecified atom stereocenters. The molecule has 6 nitrogen and oxygen atoms in total. The van der Waals surface area contributed by atoms with Gasteiger partial charge in [0, 0.05) is 12.1 Å². The van der Waals surface area contributed by atoms with Gasteiger partial charge in [-0.1, -0.05) is 12.1 Å². The lowest BCUT2D eigenvalue weighted by Crippen LogP contribution is -2.47. The van der Waals surface area contributed by atoms with Crippen molar-refractivity contribution in [2.45, 2.75) is 12.5 Å². The fraction of sp³-hybridized carbons (Fsp3) is 0.308. The van der Waals surface area contributed by atoms with Gasteiger partial charge in [-0.2, -0.15) is 0 Å². The molecule has 2 amide bonds. The molecule has 0 saturated carbocycles. The Morgan fingerprint density at radius 3 is 3.00 bits per heavy atom. The lowest BCUT2D eigenvalue weighted by atomic mass is 9.85. The Morgan fingerprint density at radius 1 is 1.37 bits per heavy atom. The number of phenolic OH excluding ortho intramolecular Hbond substituents is 1. The molecule has 2 atom stereocenters. The van der Waals surface area contributed by atoms with Gasteiger partial charge in [0.1, 0.15) is 11.7 Å². The number of carbonyl (C=O) groups excluding carboxylic acids is 2. The number of nitrogens with one attached hydrogen (secondary N) is 1. The van der Waals surface area contributed by atoms with Crippen LogP contribution in [0.5, 0.6) is 5.75 Å². The number of esters is 1. The molecule has 2 aliphatic heterocycles. The molecule has 98 valence electrons. The first-order valence-electron chi connectivity index (χ1n) is 5.98. The third-order valence-corrected chi connectivity index (χ3v) is 3.30. The molecule has 1 saturated heterocycles. The number of benzene rings is 1. The Balaban J connectivity index is 2.03. The summed E-state index contributed by atoms with van der Waals surface area (Å²) in [5.41, 5.74) is 1.21. The number of cyclic esters (lactones) is 1. The molecule has 2 N–H and O–H groups in total. The lowest BCUT2D eigenvalue weighted by molar-refractivity contribution is -0.148. The minimum atomic E-state index is -0.603. The van der Waals surface area contributed by atoms with Gasteiger partial charge in [0.25, 0.3) is 0 Å². The number of aromatic hydroxyl groups is 1. The van der Waals surface area contributed by atoms with E-state index in [4.69, 9.17) is 4.74 Å². The predicted octanol–water partition coefficient (Wildman–Crippen LogP) is 1.16. The number of nitrogens with zero attached hydrogens (tertiary/aromatic N) is 1. The van der Waals surface area contributed by atoms with E-state index in [-0.39, 0.29) is 12.4 Å². The zero-order chi connectivity index (χ0) is 13.4. The van der Waals surface area contributed by atoms with Crippen LogP contribution in [0.3, 0.4) is 0 Å². The smallest absolute Gasteiger partial charge is 0.341 e. The van der Waals surface area contributed by atoms with E-state index < -0.39 is 24.0 Å². The SMILES string of the molecule is O=C1N=C2CCOC(=O)C2C(c2cccc(O)c2)N1. The third-order valence-electron chi connectivity index (χ3n) is 3.30. The van der Waals surface area contributed by atoms with Crippen molar-refractivity contribution in [3.05, 3.63) is 29.8 Å². The zero-order valence-electron chi connectivity index (χ0n) is 10.00. The molecule has 19 heavy (non-hydrogen) atoms. The molecule has 2 heterocycles. The summed E-state index contributed by atoms with van der Waals surface area (Å²) in [5, 5.41) is 12.2. The van der Waals surface area contributed by atoms with Gasteiger partial charge in [0.15, 0.2) is 0 Å². The minimum absolute atomic E-state index is 0.0833. The highest BCUT2D eigenvalue weighted by Crippen LogP contribution is 2.32. The topological polar surface area (TPSA) is 88.0 Å². The summed E-state index contributed by atoms with van der Waals surface area (Å²) in [6, 6.07) is 5.46. The first kappa shape index (κ1) is 11.7. The van der Waals surface area contributed by atoms with Crippen molar-refractivity contribution in [1.82, 2.24) is 5.32 Å². The molecule has 1 fully saturated rings. The molecule has 0 radical (unpaired) electrons. The van der Waals surface area contributed by atoms with E-state index in [2.05, 4.69) is 10.3 Å². The van der Waals surface area contributed by atoms with E-state index in [1.165, 1.54) is 12.1 Å². The Morgan fingerprint density at radius 2 is 2.21 bits per heavy atom. The largest absolute Gasteiger partial charge is 0.508 e. The predicted molar refractivity (Wildman–Crippen MR) is 65.9 cm³/mol. The van der Waals surface area contributed by atoms with Crippen molar-refractivity contribution in [2.75, 3.05) is 6.61 Å². The van der Waals surface area contributed by atoms with Crippen molar-refractivity contribution < 1.29 is 19.4 Å². The van der Waals surface area contributed by atoms with Crippen LogP contribution in [-0.2, 0) is 9.53 Å². The number of hydrogen-bond donors (Lipinski definition) is 2. The summed E-state index contributed by atoms with van der Waals surface area (Å²) in [6.45, 7) is 0.258. The highest BCUT2D eigenvalue weighted by Gasteiger charge is 2.41. The minimum Gasteiger partial charge on any atom is -0.508 e. The standard InChI is InChI=1S/C13H12N2O4/c16-8-3-1-2-7(6-8)11-10-9(14-13(18)15-11)4-5-19-12(10)17/h1-3,6,10-11,16H,4-5H2,(H,15,18). The molecule has 3 rings (SSSR count). The van der Waals surface area contributed by atoms with Crippen molar-refractivity contribution in [3.8, 4) is 5.75 Å². The van der Waals surface area contributed by atoms with E-state index >= 15 is 0 Å². The summed E-state index contributed by atoms with van der Waals surface area (Å²) < 4.78 is 5.03. The average Bonchev–Trinajstić information content (AvgIpc) is 2.37. The summed E-state index contributed by atoms with van der Waals surface area (Å²) in [7, 11) is 0. The van der Waals surface area contributed by atoms with Crippen LogP contribution >= 0.6 is 0 Å². The molecule has 6 heteroatoms. The van der Waals surface area contributed by atoms with Gasteiger partial charge < -0.3 is 15.2 Å². The highest BCUT2D eigenvalue weighted by atomic mass is 16.5. The van der Waals surface area contributed by atoms with Crippen LogP contribution in [0.4, 0.5) is 4.79 Å². The first-order chi connectivity index (χ1) is 9.15. The number of phenols is 1. The normalized spacial score (nSPS) is 26.0. The Kier molecular flexibility index (Phi) is 2.70. The Bertz CT molecular complexity index is 582. The number of rotatable bonds is 1. The summed E-state index contributed by atoms with van der Waals surface area (Å²) >= 11 is 0. The van der Waals surface area contributed by atoms with E-state index in [1.54, 1.807) is 12.1 Å². The summed E-state index contributed by atoms with van der Waals surface area (Å²) in [5.74, 6) is -0.911. The van der Waals surface area contributed by atoms with Gasteiger partial charge in [-0.15, -0.1) is 0 Å². The van der Waals surface area contributed by atoms with Crippen LogP contribution in [0.2, 0.25) is 0 Å². The fourth-order valence-electron chi connectivity index (χ4n) is 2.46. The second-order valence-electron chi connectivity index (χ2n) is 4.52. The number of carbonyl (C=O) groups is 2. The third kappa shape index (κ3) is 2.05. The van der Waals surface area contributed by atoms with E-state index in [0.717, 1.165) is 0 Å². The van der Waals surface area contributed by atoms with Crippen molar-refractivity contribution in [1.29, 1.82) is 0 Å². The second-order valence-corrected chi connectivity index (χ2v) is 4.52. The molecule has 0 spiro atoms. The molecule has 1 aromatic rings. The Hall–Kier alpha value is -2.37. The maximum atomic E-state index is 11.9.